The summed E-state index contributed by atoms with van der Waals surface area (Å²) in [6.45, 7) is 2.16. The molecule has 0 saturated carbocycles. The van der Waals surface area contributed by atoms with Gasteiger partial charge in [0.1, 0.15) is 17.7 Å². The zero-order chi connectivity index (χ0) is 27.2. The average Bonchev–Trinajstić information content (AvgIpc) is 3.16. The molecular formula is C24H22BrF3N6O3. The van der Waals surface area contributed by atoms with E-state index >= 15 is 0 Å². The number of nitrogens with two attached hydrogens (primary N) is 1. The van der Waals surface area contributed by atoms with Crippen molar-refractivity contribution < 1.29 is 32.4 Å². The second kappa shape index (κ2) is 11.8. The molecule has 4 rings (SSSR count). The van der Waals surface area contributed by atoms with Crippen molar-refractivity contribution in [2.75, 3.05) is 10.6 Å². The summed E-state index contributed by atoms with van der Waals surface area (Å²) in [6, 6.07) is 13.2. The van der Waals surface area contributed by atoms with Crippen LogP contribution in [0.3, 0.4) is 0 Å². The maximum Gasteiger partial charge on any atom is 0.416 e. The van der Waals surface area contributed by atoms with Crippen molar-refractivity contribution in [3.63, 3.8) is 0 Å². The van der Waals surface area contributed by atoms with Crippen LogP contribution in [0.4, 0.5) is 24.8 Å². The van der Waals surface area contributed by atoms with Gasteiger partial charge in [-0.05, 0) is 40.5 Å². The van der Waals surface area contributed by atoms with Gasteiger partial charge in [0, 0.05) is 12.5 Å². The number of fused-ring (bicyclic) bond motifs is 1. The van der Waals surface area contributed by atoms with Crippen molar-refractivity contribution in [3.8, 4) is 0 Å². The summed E-state index contributed by atoms with van der Waals surface area (Å²) in [6.07, 6.45) is -2.48. The van der Waals surface area contributed by atoms with E-state index in [0.717, 1.165) is 17.7 Å². The maximum absolute atomic E-state index is 13.5. The van der Waals surface area contributed by atoms with Crippen LogP contribution in [-0.4, -0.2) is 27.4 Å². The highest BCUT2D eigenvalue weighted by Crippen LogP contribution is 2.32. The van der Waals surface area contributed by atoms with Gasteiger partial charge in [0.2, 0.25) is 6.41 Å². The molecule has 9 nitrogen and oxygen atoms in total. The number of rotatable bonds is 7. The van der Waals surface area contributed by atoms with Crippen LogP contribution in [-0.2, 0) is 35.4 Å². The Hall–Kier alpha value is -4.00. The third kappa shape index (κ3) is 6.23. The summed E-state index contributed by atoms with van der Waals surface area (Å²) in [4.78, 5) is 29.9. The first-order chi connectivity index (χ1) is 17.6. The molecule has 0 fully saturated rings. The highest BCUT2D eigenvalue weighted by atomic mass is 79.9. The smallest absolute Gasteiger partial charge is 0.416 e. The molecule has 0 bridgehead atoms. The molecule has 1 amide bonds. The molecule has 2 aromatic heterocycles. The van der Waals surface area contributed by atoms with Gasteiger partial charge in [0.05, 0.1) is 18.3 Å². The lowest BCUT2D eigenvalue weighted by Crippen LogP contribution is -2.42. The first-order valence-corrected chi connectivity index (χ1v) is 11.7. The Bertz CT molecular complexity index is 1400. The number of hydrogen-bond donors (Lipinski definition) is 1. The number of alkyl halides is 3. The van der Waals surface area contributed by atoms with Crippen LogP contribution in [0.1, 0.15) is 23.9 Å². The van der Waals surface area contributed by atoms with E-state index in [1.54, 1.807) is 4.57 Å². The molecule has 2 aromatic carbocycles. The molecule has 0 spiro atoms. The maximum atomic E-state index is 13.5. The Kier molecular flexibility index (Phi) is 8.81. The number of imidazole rings is 1. The van der Waals surface area contributed by atoms with Crippen molar-refractivity contribution in [2.45, 2.75) is 32.7 Å². The normalized spacial score (nSPS) is 11.1. The van der Waals surface area contributed by atoms with Crippen LogP contribution >= 0.6 is 15.9 Å². The lowest BCUT2D eigenvalue weighted by Gasteiger charge is -2.17. The summed E-state index contributed by atoms with van der Waals surface area (Å²) in [7, 11) is 0. The molecule has 13 heteroatoms. The topological polar surface area (TPSA) is 121 Å². The predicted molar refractivity (Wildman–Crippen MR) is 131 cm³/mol. The number of carbonyl (C=O) groups excluding carboxylic acids is 2. The van der Waals surface area contributed by atoms with Gasteiger partial charge in [0.15, 0.2) is 22.7 Å². The zero-order valence-corrected chi connectivity index (χ0v) is 21.1. The highest BCUT2D eigenvalue weighted by molar-refractivity contribution is 9.10. The third-order valence-corrected chi connectivity index (χ3v) is 5.85. The largest absolute Gasteiger partial charge is 0.554 e. The minimum absolute atomic E-state index is 0.0234. The number of aromatic nitrogens is 4. The van der Waals surface area contributed by atoms with Gasteiger partial charge in [-0.3, -0.25) is 9.69 Å². The van der Waals surface area contributed by atoms with E-state index in [9.17, 15) is 18.0 Å². The van der Waals surface area contributed by atoms with Gasteiger partial charge in [-0.2, -0.15) is 13.2 Å². The van der Waals surface area contributed by atoms with Crippen LogP contribution in [0.2, 0.25) is 0 Å². The summed E-state index contributed by atoms with van der Waals surface area (Å²) in [5, 5.41) is 8.25. The molecule has 0 aliphatic heterocycles. The molecular weight excluding hydrogens is 557 g/mol. The molecule has 4 aromatic rings. The fourth-order valence-corrected chi connectivity index (χ4v) is 4.20. The monoisotopic (exact) mass is 578 g/mol. The van der Waals surface area contributed by atoms with Gasteiger partial charge in [-0.25, -0.2) is 19.1 Å². The highest BCUT2D eigenvalue weighted by Gasteiger charge is 2.34. The van der Waals surface area contributed by atoms with Gasteiger partial charge in [0.25, 0.3) is 5.82 Å². The molecule has 194 valence electrons. The molecule has 0 radical (unpaired) electrons. The first-order valence-electron chi connectivity index (χ1n) is 10.9. The molecule has 0 aliphatic rings. The van der Waals surface area contributed by atoms with E-state index in [0.29, 0.717) is 41.0 Å². The van der Waals surface area contributed by atoms with Crippen LogP contribution in [0.5, 0.6) is 0 Å². The van der Waals surface area contributed by atoms with Crippen molar-refractivity contribution in [1.82, 2.24) is 14.5 Å². The van der Waals surface area contributed by atoms with E-state index < -0.39 is 18.2 Å². The number of amides is 1. The zero-order valence-electron chi connectivity index (χ0n) is 19.5. The van der Waals surface area contributed by atoms with Crippen LogP contribution in [0.15, 0.2) is 59.3 Å². The number of anilines is 2. The predicted octanol–water partition coefficient (Wildman–Crippen LogP) is 2.68. The number of carbonyl (C=O) groups is 2. The number of carboxylic acid groups (broad SMARTS) is 1. The van der Waals surface area contributed by atoms with E-state index in [1.807, 2.05) is 41.8 Å². The lowest BCUT2D eigenvalue weighted by molar-refractivity contribution is -0.671. The van der Waals surface area contributed by atoms with E-state index in [-0.39, 0.29) is 18.2 Å². The van der Waals surface area contributed by atoms with Gasteiger partial charge in [-0.15, -0.1) is 0 Å². The first kappa shape index (κ1) is 27.6. The van der Waals surface area contributed by atoms with Gasteiger partial charge >= 0.3 is 6.18 Å². The van der Waals surface area contributed by atoms with Crippen molar-refractivity contribution >= 4 is 51.5 Å². The number of nitrogens with zero attached hydrogens (tertiary/aromatic N) is 5. The van der Waals surface area contributed by atoms with Crippen molar-refractivity contribution in [3.05, 3.63) is 76.3 Å². The molecule has 0 atom stereocenters. The molecule has 0 aliphatic carbocycles. The number of benzene rings is 2. The van der Waals surface area contributed by atoms with Gasteiger partial charge < -0.3 is 15.6 Å². The molecule has 0 unspecified atom stereocenters. The second-order valence-electron chi connectivity index (χ2n) is 7.66. The molecule has 0 saturated heterocycles. The summed E-state index contributed by atoms with van der Waals surface area (Å²) < 4.78 is 44.5. The van der Waals surface area contributed by atoms with Crippen LogP contribution in [0, 0.1) is 0 Å². The minimum atomic E-state index is -4.48. The minimum Gasteiger partial charge on any atom is -0.554 e. The molecule has 2 N–H and O–H groups in total. The van der Waals surface area contributed by atoms with Crippen molar-refractivity contribution in [2.24, 2.45) is 0 Å². The molecule has 2 heterocycles. The fraction of sp³-hybridized carbons (Fsp3) is 0.208. The summed E-state index contributed by atoms with van der Waals surface area (Å²) in [5.41, 5.74) is 7.22. The van der Waals surface area contributed by atoms with Crippen LogP contribution < -0.4 is 20.3 Å². The fourth-order valence-electron chi connectivity index (χ4n) is 3.93. The van der Waals surface area contributed by atoms with Gasteiger partial charge in [-0.1, -0.05) is 30.3 Å². The Morgan fingerprint density at radius 3 is 2.46 bits per heavy atom. The number of hydrogen-bond acceptors (Lipinski definition) is 6. The quantitative estimate of drug-likeness (QED) is 0.266. The van der Waals surface area contributed by atoms with Crippen molar-refractivity contribution in [1.29, 1.82) is 0 Å². The number of nitrogen functional groups attached to an aromatic ring is 1. The molecule has 37 heavy (non-hydrogen) atoms. The lowest BCUT2D eigenvalue weighted by atomic mass is 10.2. The average molecular weight is 579 g/mol. The Morgan fingerprint density at radius 2 is 1.86 bits per heavy atom. The van der Waals surface area contributed by atoms with E-state index in [4.69, 9.17) is 15.6 Å². The summed E-state index contributed by atoms with van der Waals surface area (Å²) >= 11 is 3.23. The van der Waals surface area contributed by atoms with E-state index in [1.165, 1.54) is 17.2 Å². The second-order valence-corrected chi connectivity index (χ2v) is 8.48. The number of halogens is 4. The number of aryl methyl sites for hydroxylation is 1. The third-order valence-electron chi connectivity index (χ3n) is 5.47. The standard InChI is InChI=1S/C23H21BrF3N6O.CH2O2/c1-2-32-18-10-16(23(25,26)27)8-9-17(18)33(12-15-6-4-3-5-7-15)20(32)13-31(14-34)22-21(28)29-11-19(24)30-22;2-1-3/h3-11,14H,2,12-13H2,1H3,(H2,28,29);1H,(H,2,3)/q+1;/p-1. The Labute approximate surface area is 218 Å². The van der Waals surface area contributed by atoms with Crippen LogP contribution in [0.25, 0.3) is 11.0 Å². The summed E-state index contributed by atoms with van der Waals surface area (Å²) in [5.74, 6) is 0.830. The Balaban J connectivity index is 0.00000121. The Morgan fingerprint density at radius 1 is 1.19 bits per heavy atom. The SMILES string of the molecule is CCn1c(CN(C=O)c2nc(Br)cnc2N)[n+](Cc2ccccc2)c2ccc(C(F)(F)F)cc21.O=C[O-]. The van der Waals surface area contributed by atoms with E-state index in [2.05, 4.69) is 25.9 Å².